The minimum atomic E-state index is -0.605. The van der Waals surface area contributed by atoms with Crippen LogP contribution in [0.4, 0.5) is 0 Å². The van der Waals surface area contributed by atoms with Crippen molar-refractivity contribution in [3.63, 3.8) is 0 Å². The first-order valence-corrected chi connectivity index (χ1v) is 5.75. The highest BCUT2D eigenvalue weighted by Crippen LogP contribution is 2.48. The highest BCUT2D eigenvalue weighted by molar-refractivity contribution is 5.33. The average Bonchev–Trinajstić information content (AvgIpc) is 3.21. The van der Waals surface area contributed by atoms with Gasteiger partial charge in [0.1, 0.15) is 11.7 Å². The van der Waals surface area contributed by atoms with Gasteiger partial charge in [0, 0.05) is 0 Å². The van der Waals surface area contributed by atoms with Crippen molar-refractivity contribution >= 4 is 0 Å². The van der Waals surface area contributed by atoms with Crippen molar-refractivity contribution in [2.24, 2.45) is 0 Å². The SMILES string of the molecule is OC(c1ccccc1)C1(c2ccccc2)CO1. The van der Waals surface area contributed by atoms with Crippen molar-refractivity contribution in [2.45, 2.75) is 11.7 Å². The molecule has 0 spiro atoms. The van der Waals surface area contributed by atoms with E-state index in [0.29, 0.717) is 6.61 Å². The summed E-state index contributed by atoms with van der Waals surface area (Å²) in [4.78, 5) is 0. The van der Waals surface area contributed by atoms with Crippen LogP contribution < -0.4 is 0 Å². The molecule has 1 aliphatic rings. The molecule has 1 aliphatic heterocycles. The van der Waals surface area contributed by atoms with Crippen molar-refractivity contribution in [1.82, 2.24) is 0 Å². The first kappa shape index (κ1) is 10.5. The van der Waals surface area contributed by atoms with Gasteiger partial charge in [-0.25, -0.2) is 0 Å². The minimum Gasteiger partial charge on any atom is -0.385 e. The minimum absolute atomic E-state index is 0.539. The number of rotatable bonds is 3. The Kier molecular flexibility index (Phi) is 2.46. The summed E-state index contributed by atoms with van der Waals surface area (Å²) in [5.74, 6) is 0. The number of hydrogen-bond donors (Lipinski definition) is 1. The van der Waals surface area contributed by atoms with Crippen LogP contribution in [0.1, 0.15) is 17.2 Å². The molecule has 0 amide bonds. The number of ether oxygens (including phenoxy) is 1. The largest absolute Gasteiger partial charge is 0.385 e. The van der Waals surface area contributed by atoms with E-state index in [1.807, 2.05) is 60.7 Å². The lowest BCUT2D eigenvalue weighted by atomic mass is 9.90. The standard InChI is InChI=1S/C15H14O2/c16-14(12-7-3-1-4-8-12)15(11-17-15)13-9-5-2-6-10-13/h1-10,14,16H,11H2. The predicted molar refractivity (Wildman–Crippen MR) is 65.5 cm³/mol. The Morgan fingerprint density at radius 2 is 1.47 bits per heavy atom. The van der Waals surface area contributed by atoms with Gasteiger partial charge in [-0.2, -0.15) is 0 Å². The van der Waals surface area contributed by atoms with Gasteiger partial charge in [-0.1, -0.05) is 60.7 Å². The fraction of sp³-hybridized carbons (Fsp3) is 0.200. The van der Waals surface area contributed by atoms with Gasteiger partial charge < -0.3 is 9.84 Å². The third-order valence-electron chi connectivity index (χ3n) is 3.27. The summed E-state index contributed by atoms with van der Waals surface area (Å²) in [5.41, 5.74) is 1.40. The Labute approximate surface area is 100 Å². The van der Waals surface area contributed by atoms with Crippen LogP contribution in [0.25, 0.3) is 0 Å². The molecule has 0 radical (unpaired) electrons. The second kappa shape index (κ2) is 3.99. The third kappa shape index (κ3) is 1.75. The van der Waals surface area contributed by atoms with Gasteiger partial charge in [-0.05, 0) is 11.1 Å². The van der Waals surface area contributed by atoms with Crippen molar-refractivity contribution in [1.29, 1.82) is 0 Å². The Hall–Kier alpha value is -1.64. The van der Waals surface area contributed by atoms with E-state index in [1.165, 1.54) is 0 Å². The van der Waals surface area contributed by atoms with E-state index in [9.17, 15) is 5.11 Å². The summed E-state index contributed by atoms with van der Waals surface area (Å²) in [5, 5.41) is 10.4. The molecule has 2 heteroatoms. The lowest BCUT2D eigenvalue weighted by molar-refractivity contribution is 0.0730. The van der Waals surface area contributed by atoms with Crippen molar-refractivity contribution in [3.8, 4) is 0 Å². The Bertz CT molecular complexity index is 489. The molecule has 1 fully saturated rings. The van der Waals surface area contributed by atoms with E-state index in [0.717, 1.165) is 11.1 Å². The van der Waals surface area contributed by atoms with Crippen LogP contribution in [-0.2, 0) is 10.3 Å². The molecule has 2 aromatic rings. The highest BCUT2D eigenvalue weighted by atomic mass is 16.6. The first-order chi connectivity index (χ1) is 8.33. The first-order valence-electron chi connectivity index (χ1n) is 5.75. The maximum atomic E-state index is 10.4. The van der Waals surface area contributed by atoms with E-state index in [4.69, 9.17) is 4.74 Å². The van der Waals surface area contributed by atoms with E-state index >= 15 is 0 Å². The molecule has 2 atom stereocenters. The van der Waals surface area contributed by atoms with Gasteiger partial charge >= 0.3 is 0 Å². The van der Waals surface area contributed by atoms with Crippen molar-refractivity contribution in [3.05, 3.63) is 71.8 Å². The number of benzene rings is 2. The molecule has 1 N–H and O–H groups in total. The second-order valence-electron chi connectivity index (χ2n) is 4.36. The molecule has 17 heavy (non-hydrogen) atoms. The predicted octanol–water partition coefficient (Wildman–Crippen LogP) is 2.65. The van der Waals surface area contributed by atoms with Crippen LogP contribution in [0, 0.1) is 0 Å². The van der Waals surface area contributed by atoms with Gasteiger partial charge in [0.25, 0.3) is 0 Å². The maximum absolute atomic E-state index is 10.4. The van der Waals surface area contributed by atoms with Crippen LogP contribution in [-0.4, -0.2) is 11.7 Å². The van der Waals surface area contributed by atoms with Gasteiger partial charge in [-0.15, -0.1) is 0 Å². The molecule has 3 rings (SSSR count). The molecular formula is C15H14O2. The van der Waals surface area contributed by atoms with Crippen LogP contribution in [0.15, 0.2) is 60.7 Å². The van der Waals surface area contributed by atoms with Gasteiger partial charge in [-0.3, -0.25) is 0 Å². The normalized spacial score (nSPS) is 24.3. The smallest absolute Gasteiger partial charge is 0.146 e. The van der Waals surface area contributed by atoms with Crippen molar-refractivity contribution < 1.29 is 9.84 Å². The zero-order valence-electron chi connectivity index (χ0n) is 9.41. The second-order valence-corrected chi connectivity index (χ2v) is 4.36. The van der Waals surface area contributed by atoms with Crippen molar-refractivity contribution in [2.75, 3.05) is 6.61 Å². The summed E-state index contributed by atoms with van der Waals surface area (Å²) in [6.45, 7) is 0.576. The molecule has 0 aromatic heterocycles. The molecule has 2 nitrogen and oxygen atoms in total. The molecule has 2 aromatic carbocycles. The zero-order valence-corrected chi connectivity index (χ0v) is 9.41. The third-order valence-corrected chi connectivity index (χ3v) is 3.27. The zero-order chi connectivity index (χ0) is 11.7. The van der Waals surface area contributed by atoms with E-state index in [1.54, 1.807) is 0 Å². The Balaban J connectivity index is 1.95. The van der Waals surface area contributed by atoms with Gasteiger partial charge in [0.05, 0.1) is 6.61 Å². The fourth-order valence-electron chi connectivity index (χ4n) is 2.18. The lowest BCUT2D eigenvalue weighted by Gasteiger charge is -2.19. The molecule has 0 aliphatic carbocycles. The quantitative estimate of drug-likeness (QED) is 0.816. The number of hydrogen-bond acceptors (Lipinski definition) is 2. The summed E-state index contributed by atoms with van der Waals surface area (Å²) >= 11 is 0. The summed E-state index contributed by atoms with van der Waals surface area (Å²) in [7, 11) is 0. The topological polar surface area (TPSA) is 32.8 Å². The molecule has 1 heterocycles. The van der Waals surface area contributed by atoms with Crippen LogP contribution in [0.5, 0.6) is 0 Å². The fourth-order valence-corrected chi connectivity index (χ4v) is 2.18. The molecule has 1 saturated heterocycles. The summed E-state index contributed by atoms with van der Waals surface area (Å²) < 4.78 is 5.55. The van der Waals surface area contributed by atoms with Gasteiger partial charge in [0.2, 0.25) is 0 Å². The highest BCUT2D eigenvalue weighted by Gasteiger charge is 2.53. The lowest BCUT2D eigenvalue weighted by Crippen LogP contribution is -2.19. The number of aliphatic hydroxyl groups is 1. The van der Waals surface area contributed by atoms with Crippen LogP contribution in [0.2, 0.25) is 0 Å². The molecule has 2 unspecified atom stereocenters. The Morgan fingerprint density at radius 3 is 2.00 bits per heavy atom. The monoisotopic (exact) mass is 226 g/mol. The molecule has 0 saturated carbocycles. The molecule has 86 valence electrons. The Morgan fingerprint density at radius 1 is 0.941 bits per heavy atom. The molecule has 0 bridgehead atoms. The van der Waals surface area contributed by atoms with E-state index in [-0.39, 0.29) is 0 Å². The van der Waals surface area contributed by atoms with Gasteiger partial charge in [0.15, 0.2) is 0 Å². The molecular weight excluding hydrogens is 212 g/mol. The van der Waals surface area contributed by atoms with E-state index in [2.05, 4.69) is 0 Å². The van der Waals surface area contributed by atoms with Crippen LogP contribution in [0.3, 0.4) is 0 Å². The maximum Gasteiger partial charge on any atom is 0.146 e. The average molecular weight is 226 g/mol. The number of aliphatic hydroxyl groups excluding tert-OH is 1. The van der Waals surface area contributed by atoms with Crippen LogP contribution >= 0.6 is 0 Å². The summed E-state index contributed by atoms with van der Waals surface area (Å²) in [6.07, 6.45) is -0.605. The summed E-state index contributed by atoms with van der Waals surface area (Å²) in [6, 6.07) is 19.6. The van der Waals surface area contributed by atoms with E-state index < -0.39 is 11.7 Å². The number of epoxide rings is 1.